The number of hydrogen-bond acceptors (Lipinski definition) is 4. The molecule has 1 N–H and O–H groups in total. The molecule has 1 aliphatic heterocycles. The molecule has 1 aromatic rings. The Morgan fingerprint density at radius 2 is 2.33 bits per heavy atom. The van der Waals surface area contributed by atoms with Gasteiger partial charge >= 0.3 is 5.97 Å². The maximum absolute atomic E-state index is 11.3. The quantitative estimate of drug-likeness (QED) is 0.847. The SMILES string of the molecule is CCc1nc(C)c(C2(C(=O)O)COC2)s1. The zero-order valence-corrected chi connectivity index (χ0v) is 9.56. The first-order valence-corrected chi connectivity index (χ1v) is 5.69. The molecule has 2 heterocycles. The minimum absolute atomic E-state index is 0.272. The molecule has 1 aliphatic rings. The molecule has 15 heavy (non-hydrogen) atoms. The Hall–Kier alpha value is -0.940. The summed E-state index contributed by atoms with van der Waals surface area (Å²) in [7, 11) is 0. The fourth-order valence-electron chi connectivity index (χ4n) is 1.71. The molecule has 0 aromatic carbocycles. The number of ether oxygens (including phenoxy) is 1. The van der Waals surface area contributed by atoms with E-state index in [2.05, 4.69) is 4.98 Å². The van der Waals surface area contributed by atoms with Crippen molar-refractivity contribution in [2.75, 3.05) is 13.2 Å². The number of carboxylic acids is 1. The van der Waals surface area contributed by atoms with E-state index in [0.717, 1.165) is 22.0 Å². The third kappa shape index (κ3) is 1.46. The van der Waals surface area contributed by atoms with E-state index in [1.54, 1.807) is 0 Å². The summed E-state index contributed by atoms with van der Waals surface area (Å²) in [6.45, 7) is 4.43. The van der Waals surface area contributed by atoms with Crippen molar-refractivity contribution in [2.45, 2.75) is 25.7 Å². The molecular weight excluding hydrogens is 214 g/mol. The van der Waals surface area contributed by atoms with E-state index in [1.165, 1.54) is 11.3 Å². The van der Waals surface area contributed by atoms with E-state index in [9.17, 15) is 9.90 Å². The maximum Gasteiger partial charge on any atom is 0.319 e. The van der Waals surface area contributed by atoms with Gasteiger partial charge in [-0.2, -0.15) is 0 Å². The molecule has 0 atom stereocenters. The van der Waals surface area contributed by atoms with Gasteiger partial charge in [-0.25, -0.2) is 4.98 Å². The summed E-state index contributed by atoms with van der Waals surface area (Å²) in [4.78, 5) is 16.5. The van der Waals surface area contributed by atoms with Crippen LogP contribution in [-0.2, 0) is 21.4 Å². The first-order chi connectivity index (χ1) is 7.10. The van der Waals surface area contributed by atoms with Gasteiger partial charge in [-0.05, 0) is 13.3 Å². The maximum atomic E-state index is 11.3. The monoisotopic (exact) mass is 227 g/mol. The lowest BCUT2D eigenvalue weighted by Gasteiger charge is -2.36. The minimum Gasteiger partial charge on any atom is -0.480 e. The summed E-state index contributed by atoms with van der Waals surface area (Å²) in [5, 5.41) is 10.2. The molecule has 2 rings (SSSR count). The molecule has 5 heteroatoms. The lowest BCUT2D eigenvalue weighted by molar-refractivity contribution is -0.162. The fourth-order valence-corrected chi connectivity index (χ4v) is 2.86. The standard InChI is InChI=1S/C10H13NO3S/c1-3-7-11-6(2)8(15-7)10(9(12)13)4-14-5-10/h3-5H2,1-2H3,(H,12,13). The van der Waals surface area contributed by atoms with Gasteiger partial charge in [0.2, 0.25) is 0 Å². The summed E-state index contributed by atoms with van der Waals surface area (Å²) in [6, 6.07) is 0. The number of thiazole rings is 1. The van der Waals surface area contributed by atoms with Gasteiger partial charge in [-0.1, -0.05) is 6.92 Å². The Kier molecular flexibility index (Phi) is 2.52. The normalized spacial score (nSPS) is 18.5. The minimum atomic E-state index is -0.824. The van der Waals surface area contributed by atoms with Crippen LogP contribution in [0.1, 0.15) is 22.5 Å². The molecule has 1 saturated heterocycles. The Morgan fingerprint density at radius 3 is 2.67 bits per heavy atom. The third-order valence-corrected chi connectivity index (χ3v) is 4.19. The Labute approximate surface area is 91.9 Å². The Bertz CT molecular complexity index is 395. The van der Waals surface area contributed by atoms with Gasteiger partial charge in [-0.15, -0.1) is 11.3 Å². The number of nitrogens with zero attached hydrogens (tertiary/aromatic N) is 1. The molecule has 82 valence electrons. The highest BCUT2D eigenvalue weighted by Gasteiger charge is 2.50. The topological polar surface area (TPSA) is 59.4 Å². The van der Waals surface area contributed by atoms with E-state index in [4.69, 9.17) is 4.74 Å². The number of aromatic nitrogens is 1. The van der Waals surface area contributed by atoms with E-state index in [0.29, 0.717) is 0 Å². The van der Waals surface area contributed by atoms with E-state index in [1.807, 2.05) is 13.8 Å². The van der Waals surface area contributed by atoms with Crippen molar-refractivity contribution in [3.8, 4) is 0 Å². The summed E-state index contributed by atoms with van der Waals surface area (Å²) in [6.07, 6.45) is 0.849. The van der Waals surface area contributed by atoms with Crippen molar-refractivity contribution < 1.29 is 14.6 Å². The third-order valence-electron chi connectivity index (χ3n) is 2.68. The predicted octanol–water partition coefficient (Wildman–Crippen LogP) is 1.37. The molecule has 1 fully saturated rings. The van der Waals surface area contributed by atoms with Gasteiger partial charge in [0.05, 0.1) is 23.9 Å². The fraction of sp³-hybridized carbons (Fsp3) is 0.600. The van der Waals surface area contributed by atoms with Gasteiger partial charge in [0.15, 0.2) is 0 Å². The highest BCUT2D eigenvalue weighted by molar-refractivity contribution is 7.12. The summed E-state index contributed by atoms with van der Waals surface area (Å²) in [5.74, 6) is -0.803. The summed E-state index contributed by atoms with van der Waals surface area (Å²) < 4.78 is 5.05. The molecule has 0 aliphatic carbocycles. The highest BCUT2D eigenvalue weighted by Crippen LogP contribution is 2.38. The van der Waals surface area contributed by atoms with Crippen LogP contribution < -0.4 is 0 Å². The van der Waals surface area contributed by atoms with Crippen LogP contribution in [0.25, 0.3) is 0 Å². The van der Waals surface area contributed by atoms with Crippen LogP contribution in [0.15, 0.2) is 0 Å². The molecule has 0 spiro atoms. The lowest BCUT2D eigenvalue weighted by atomic mass is 9.83. The van der Waals surface area contributed by atoms with Crippen LogP contribution in [0.4, 0.5) is 0 Å². The second-order valence-electron chi connectivity index (χ2n) is 3.76. The first-order valence-electron chi connectivity index (χ1n) is 4.88. The summed E-state index contributed by atoms with van der Waals surface area (Å²) >= 11 is 1.50. The van der Waals surface area contributed by atoms with Crippen LogP contribution in [0.3, 0.4) is 0 Å². The zero-order valence-electron chi connectivity index (χ0n) is 8.74. The molecule has 0 unspecified atom stereocenters. The average Bonchev–Trinajstić information content (AvgIpc) is 2.45. The van der Waals surface area contributed by atoms with E-state index < -0.39 is 11.4 Å². The van der Waals surface area contributed by atoms with E-state index in [-0.39, 0.29) is 13.2 Å². The van der Waals surface area contributed by atoms with Crippen molar-refractivity contribution in [3.05, 3.63) is 15.6 Å². The van der Waals surface area contributed by atoms with Crippen molar-refractivity contribution in [1.29, 1.82) is 0 Å². The van der Waals surface area contributed by atoms with Crippen molar-refractivity contribution in [3.63, 3.8) is 0 Å². The van der Waals surface area contributed by atoms with Crippen LogP contribution in [0.5, 0.6) is 0 Å². The molecule has 0 radical (unpaired) electrons. The number of hydrogen-bond donors (Lipinski definition) is 1. The lowest BCUT2D eigenvalue weighted by Crippen LogP contribution is -2.52. The molecular formula is C10H13NO3S. The molecule has 0 saturated carbocycles. The molecule has 4 nitrogen and oxygen atoms in total. The Balaban J connectivity index is 2.42. The second-order valence-corrected chi connectivity index (χ2v) is 4.84. The number of carboxylic acid groups (broad SMARTS) is 1. The number of rotatable bonds is 3. The van der Waals surface area contributed by atoms with E-state index >= 15 is 0 Å². The smallest absolute Gasteiger partial charge is 0.319 e. The predicted molar refractivity (Wildman–Crippen MR) is 56.4 cm³/mol. The van der Waals surface area contributed by atoms with Gasteiger partial charge < -0.3 is 9.84 Å². The van der Waals surface area contributed by atoms with Crippen LogP contribution >= 0.6 is 11.3 Å². The molecule has 0 bridgehead atoms. The average molecular weight is 227 g/mol. The van der Waals surface area contributed by atoms with Crippen molar-refractivity contribution in [1.82, 2.24) is 4.98 Å². The van der Waals surface area contributed by atoms with Gasteiger partial charge in [-0.3, -0.25) is 4.79 Å². The second kappa shape index (κ2) is 3.57. The zero-order chi connectivity index (χ0) is 11.1. The van der Waals surface area contributed by atoms with Crippen molar-refractivity contribution >= 4 is 17.3 Å². The van der Waals surface area contributed by atoms with Crippen LogP contribution in [-0.4, -0.2) is 29.3 Å². The van der Waals surface area contributed by atoms with Gasteiger partial charge in [0.1, 0.15) is 5.41 Å². The molecule has 1 aromatic heterocycles. The molecule has 0 amide bonds. The Morgan fingerprint density at radius 1 is 1.67 bits per heavy atom. The number of carbonyl (C=O) groups is 1. The number of aryl methyl sites for hydroxylation is 2. The summed E-state index contributed by atoms with van der Waals surface area (Å²) in [5.41, 5.74) is 0.0115. The van der Waals surface area contributed by atoms with Gasteiger partial charge in [0.25, 0.3) is 0 Å². The van der Waals surface area contributed by atoms with Crippen molar-refractivity contribution in [2.24, 2.45) is 0 Å². The first kappa shape index (κ1) is 10.6. The van der Waals surface area contributed by atoms with Gasteiger partial charge in [0, 0.05) is 4.88 Å². The highest BCUT2D eigenvalue weighted by atomic mass is 32.1. The van der Waals surface area contributed by atoms with Crippen LogP contribution in [0, 0.1) is 6.92 Å². The largest absolute Gasteiger partial charge is 0.480 e. The number of aliphatic carboxylic acids is 1. The van der Waals surface area contributed by atoms with Crippen LogP contribution in [0.2, 0.25) is 0 Å².